The third-order valence-corrected chi connectivity index (χ3v) is 5.61. The molecule has 0 aliphatic carbocycles. The second-order valence-electron chi connectivity index (χ2n) is 7.16. The van der Waals surface area contributed by atoms with Crippen molar-refractivity contribution in [2.24, 2.45) is 10.3 Å². The Hall–Kier alpha value is -3.47. The van der Waals surface area contributed by atoms with Crippen LogP contribution in [0.25, 0.3) is 11.4 Å². The smallest absolute Gasteiger partial charge is 0.263 e. The Bertz CT molecular complexity index is 1250. The van der Waals surface area contributed by atoms with Crippen LogP contribution in [0.1, 0.15) is 11.5 Å². The van der Waals surface area contributed by atoms with Crippen LogP contribution in [0.3, 0.4) is 0 Å². The van der Waals surface area contributed by atoms with Crippen molar-refractivity contribution in [1.29, 1.82) is 0 Å². The third kappa shape index (κ3) is 3.30. The predicted molar refractivity (Wildman–Crippen MR) is 109 cm³/mol. The SMILES string of the molecule is Cc1ccc(N2C(=O)[C@H]3N=NN(Cc4nc(-c5cccc(Br)c5)no4)[C@H]3C2=O)cc1F. The fourth-order valence-corrected chi connectivity index (χ4v) is 3.93. The van der Waals surface area contributed by atoms with E-state index in [1.54, 1.807) is 6.92 Å². The molecule has 1 fully saturated rings. The zero-order valence-corrected chi connectivity index (χ0v) is 17.7. The van der Waals surface area contributed by atoms with E-state index in [0.29, 0.717) is 11.4 Å². The molecule has 2 aliphatic rings. The molecule has 0 N–H and O–H groups in total. The number of anilines is 1. The molecule has 2 aromatic carbocycles. The van der Waals surface area contributed by atoms with Gasteiger partial charge in [0.2, 0.25) is 11.7 Å². The highest BCUT2D eigenvalue weighted by Gasteiger charge is 2.55. The first-order chi connectivity index (χ1) is 14.9. The van der Waals surface area contributed by atoms with Crippen molar-refractivity contribution in [3.8, 4) is 11.4 Å². The van der Waals surface area contributed by atoms with E-state index in [9.17, 15) is 14.0 Å². The van der Waals surface area contributed by atoms with Gasteiger partial charge < -0.3 is 4.52 Å². The van der Waals surface area contributed by atoms with Crippen molar-refractivity contribution in [3.63, 3.8) is 0 Å². The zero-order chi connectivity index (χ0) is 21.7. The van der Waals surface area contributed by atoms with Gasteiger partial charge in [0.15, 0.2) is 12.1 Å². The van der Waals surface area contributed by atoms with Crippen molar-refractivity contribution >= 4 is 33.4 Å². The Morgan fingerprint density at radius 1 is 1.16 bits per heavy atom. The second kappa shape index (κ2) is 7.34. The summed E-state index contributed by atoms with van der Waals surface area (Å²) < 4.78 is 20.1. The minimum absolute atomic E-state index is 0.000783. The van der Waals surface area contributed by atoms with E-state index in [2.05, 4.69) is 36.4 Å². The van der Waals surface area contributed by atoms with Crippen LogP contribution < -0.4 is 4.90 Å². The number of halogens is 2. The van der Waals surface area contributed by atoms with E-state index in [1.807, 2.05) is 24.3 Å². The maximum absolute atomic E-state index is 14.0. The highest BCUT2D eigenvalue weighted by Crippen LogP contribution is 2.33. The number of imide groups is 1. The maximum Gasteiger partial charge on any atom is 0.263 e. The standard InChI is InChI=1S/C20H14BrFN6O3/c1-10-5-6-13(8-14(10)22)28-19(29)16-17(20(28)30)27(26-24-16)9-15-23-18(25-31-15)11-3-2-4-12(21)7-11/h2-8,16-17H,9H2,1H3/t16-,17+/m0/s1. The summed E-state index contributed by atoms with van der Waals surface area (Å²) in [5, 5.41) is 13.2. The van der Waals surface area contributed by atoms with E-state index in [0.717, 1.165) is 21.0 Å². The van der Waals surface area contributed by atoms with Gasteiger partial charge in [-0.1, -0.05) is 44.5 Å². The third-order valence-electron chi connectivity index (χ3n) is 5.12. The Kier molecular flexibility index (Phi) is 4.62. The lowest BCUT2D eigenvalue weighted by Gasteiger charge is -2.19. The van der Waals surface area contributed by atoms with Crippen molar-refractivity contribution in [3.05, 3.63) is 64.2 Å². The molecule has 0 radical (unpaired) electrons. The predicted octanol–water partition coefficient (Wildman–Crippen LogP) is 3.44. The molecule has 9 nitrogen and oxygen atoms in total. The van der Waals surface area contributed by atoms with Gasteiger partial charge in [0.1, 0.15) is 12.4 Å². The lowest BCUT2D eigenvalue weighted by atomic mass is 10.1. The minimum Gasteiger partial charge on any atom is -0.337 e. The largest absolute Gasteiger partial charge is 0.337 e. The molecular weight excluding hydrogens is 471 g/mol. The first kappa shape index (κ1) is 19.5. The van der Waals surface area contributed by atoms with Crippen LogP contribution in [0.15, 0.2) is 61.8 Å². The first-order valence-corrected chi connectivity index (χ1v) is 10.1. The lowest BCUT2D eigenvalue weighted by molar-refractivity contribution is -0.123. The molecule has 0 unspecified atom stereocenters. The zero-order valence-electron chi connectivity index (χ0n) is 16.1. The molecule has 11 heteroatoms. The number of benzene rings is 2. The van der Waals surface area contributed by atoms with E-state index < -0.39 is 29.7 Å². The molecule has 1 saturated heterocycles. The van der Waals surface area contributed by atoms with Gasteiger partial charge in [-0.05, 0) is 36.8 Å². The molecular formula is C20H14BrFN6O3. The van der Waals surface area contributed by atoms with Gasteiger partial charge in [0.25, 0.3) is 11.8 Å². The Morgan fingerprint density at radius 2 is 2.00 bits per heavy atom. The fourth-order valence-electron chi connectivity index (χ4n) is 3.53. The summed E-state index contributed by atoms with van der Waals surface area (Å²) in [4.78, 5) is 31.1. The summed E-state index contributed by atoms with van der Waals surface area (Å²) in [5.41, 5.74) is 1.34. The Balaban J connectivity index is 1.37. The van der Waals surface area contributed by atoms with Crippen LogP contribution in [0.5, 0.6) is 0 Å². The molecule has 3 heterocycles. The number of amides is 2. The Morgan fingerprint density at radius 3 is 2.77 bits per heavy atom. The molecule has 31 heavy (non-hydrogen) atoms. The molecule has 3 aromatic rings. The minimum atomic E-state index is -0.996. The molecule has 2 atom stereocenters. The quantitative estimate of drug-likeness (QED) is 0.525. The summed E-state index contributed by atoms with van der Waals surface area (Å²) in [6.45, 7) is 1.60. The summed E-state index contributed by atoms with van der Waals surface area (Å²) in [6, 6.07) is 9.67. The van der Waals surface area contributed by atoms with Crippen molar-refractivity contribution in [1.82, 2.24) is 15.1 Å². The second-order valence-corrected chi connectivity index (χ2v) is 8.08. The van der Waals surface area contributed by atoms with Crippen LogP contribution in [0.2, 0.25) is 0 Å². The molecule has 2 amide bonds. The number of carbonyl (C=O) groups excluding carboxylic acids is 2. The van der Waals surface area contributed by atoms with Gasteiger partial charge in [-0.3, -0.25) is 14.6 Å². The van der Waals surface area contributed by atoms with E-state index in [1.165, 1.54) is 17.1 Å². The summed E-state index contributed by atoms with van der Waals surface area (Å²) in [7, 11) is 0. The van der Waals surface area contributed by atoms with Crippen LogP contribution in [0.4, 0.5) is 10.1 Å². The highest BCUT2D eigenvalue weighted by atomic mass is 79.9. The number of rotatable bonds is 4. The normalized spacial score (nSPS) is 20.1. The van der Waals surface area contributed by atoms with Crippen LogP contribution in [-0.2, 0) is 16.1 Å². The van der Waals surface area contributed by atoms with Crippen molar-refractivity contribution < 1.29 is 18.5 Å². The summed E-state index contributed by atoms with van der Waals surface area (Å²) >= 11 is 3.39. The van der Waals surface area contributed by atoms with Gasteiger partial charge in [-0.25, -0.2) is 9.29 Å². The molecule has 0 bridgehead atoms. The number of aryl methyl sites for hydroxylation is 1. The van der Waals surface area contributed by atoms with Gasteiger partial charge >= 0.3 is 0 Å². The van der Waals surface area contributed by atoms with Gasteiger partial charge in [-0.15, -0.1) is 0 Å². The number of nitrogens with zero attached hydrogens (tertiary/aromatic N) is 6. The highest BCUT2D eigenvalue weighted by molar-refractivity contribution is 9.10. The average molecular weight is 485 g/mol. The topological polar surface area (TPSA) is 104 Å². The van der Waals surface area contributed by atoms with Crippen LogP contribution in [0, 0.1) is 12.7 Å². The fraction of sp³-hybridized carbons (Fsp3) is 0.200. The van der Waals surface area contributed by atoms with E-state index >= 15 is 0 Å². The van der Waals surface area contributed by atoms with Crippen LogP contribution >= 0.6 is 15.9 Å². The lowest BCUT2D eigenvalue weighted by Crippen LogP contribution is -2.39. The number of hydrogen-bond acceptors (Lipinski definition) is 8. The van der Waals surface area contributed by atoms with Gasteiger partial charge in [0.05, 0.1) is 5.69 Å². The van der Waals surface area contributed by atoms with Crippen molar-refractivity contribution in [2.45, 2.75) is 25.6 Å². The number of carbonyl (C=O) groups is 2. The monoisotopic (exact) mass is 484 g/mol. The molecule has 1 aromatic heterocycles. The van der Waals surface area contributed by atoms with Crippen molar-refractivity contribution in [2.75, 3.05) is 4.90 Å². The molecule has 0 saturated carbocycles. The molecule has 5 rings (SSSR count). The number of fused-ring (bicyclic) bond motifs is 1. The Labute approximate surface area is 183 Å². The van der Waals surface area contributed by atoms with E-state index in [4.69, 9.17) is 4.52 Å². The number of aromatic nitrogens is 2. The molecule has 2 aliphatic heterocycles. The summed E-state index contributed by atoms with van der Waals surface area (Å²) in [6.07, 6.45) is 0. The van der Waals surface area contributed by atoms with E-state index in [-0.39, 0.29) is 18.1 Å². The summed E-state index contributed by atoms with van der Waals surface area (Å²) in [5.74, 6) is -0.983. The first-order valence-electron chi connectivity index (χ1n) is 9.32. The average Bonchev–Trinajstić information content (AvgIpc) is 3.43. The van der Waals surface area contributed by atoms with Gasteiger partial charge in [0, 0.05) is 10.0 Å². The van der Waals surface area contributed by atoms with Gasteiger partial charge in [-0.2, -0.15) is 10.1 Å². The number of hydrogen-bond donors (Lipinski definition) is 0. The molecule has 0 spiro atoms. The molecule has 156 valence electrons. The maximum atomic E-state index is 14.0. The van der Waals surface area contributed by atoms with Crippen LogP contribution in [-0.4, -0.2) is 39.0 Å².